The van der Waals surface area contributed by atoms with Gasteiger partial charge in [-0.2, -0.15) is 0 Å². The van der Waals surface area contributed by atoms with Crippen molar-refractivity contribution in [1.82, 2.24) is 14.4 Å². The van der Waals surface area contributed by atoms with Gasteiger partial charge in [0.05, 0.1) is 5.56 Å². The van der Waals surface area contributed by atoms with Crippen molar-refractivity contribution in [2.45, 2.75) is 26.7 Å². The maximum absolute atomic E-state index is 13.1. The summed E-state index contributed by atoms with van der Waals surface area (Å²) in [7, 11) is 2.00. The highest BCUT2D eigenvalue weighted by atomic mass is 16.2. The van der Waals surface area contributed by atoms with Gasteiger partial charge in [0.25, 0.3) is 5.91 Å². The van der Waals surface area contributed by atoms with Crippen LogP contribution in [-0.4, -0.2) is 52.4 Å². The molecule has 1 aliphatic heterocycles. The molecule has 1 fully saturated rings. The Labute approximate surface area is 142 Å². The van der Waals surface area contributed by atoms with E-state index in [0.717, 1.165) is 28.6 Å². The van der Waals surface area contributed by atoms with Gasteiger partial charge in [0.2, 0.25) is 5.91 Å². The highest BCUT2D eigenvalue weighted by Gasteiger charge is 2.27. The molecular weight excluding hydrogens is 302 g/mol. The molecule has 0 bridgehead atoms. The quantitative estimate of drug-likeness (QED) is 0.870. The highest BCUT2D eigenvalue weighted by molar-refractivity contribution is 6.08. The molecule has 0 unspecified atom stereocenters. The lowest BCUT2D eigenvalue weighted by molar-refractivity contribution is -0.132. The fourth-order valence-corrected chi connectivity index (χ4v) is 3.48. The van der Waals surface area contributed by atoms with Crippen LogP contribution in [0.5, 0.6) is 0 Å². The van der Waals surface area contributed by atoms with Crippen LogP contribution in [0.2, 0.25) is 0 Å². The number of para-hydroxylation sites is 1. The van der Waals surface area contributed by atoms with E-state index in [4.69, 9.17) is 0 Å². The van der Waals surface area contributed by atoms with Gasteiger partial charge >= 0.3 is 0 Å². The molecule has 5 heteroatoms. The molecule has 0 atom stereocenters. The number of fused-ring (bicyclic) bond motifs is 1. The number of hydrogen-bond donors (Lipinski definition) is 0. The van der Waals surface area contributed by atoms with Crippen molar-refractivity contribution in [2.24, 2.45) is 7.05 Å². The number of rotatable bonds is 3. The number of aryl methyl sites for hydroxylation is 1. The first-order chi connectivity index (χ1) is 11.5. The Morgan fingerprint density at radius 3 is 2.33 bits per heavy atom. The molecule has 0 saturated carbocycles. The monoisotopic (exact) mass is 327 g/mol. The topological polar surface area (TPSA) is 45.6 Å². The Hall–Kier alpha value is -2.30. The van der Waals surface area contributed by atoms with Crippen molar-refractivity contribution in [3.05, 3.63) is 35.5 Å². The number of piperazine rings is 1. The summed E-state index contributed by atoms with van der Waals surface area (Å²) in [5.74, 6) is 0.276. The molecule has 0 radical (unpaired) electrons. The Morgan fingerprint density at radius 2 is 1.67 bits per heavy atom. The summed E-state index contributed by atoms with van der Waals surface area (Å²) in [6, 6.07) is 8.02. The van der Waals surface area contributed by atoms with Gasteiger partial charge in [-0.1, -0.05) is 25.1 Å². The van der Waals surface area contributed by atoms with E-state index < -0.39 is 0 Å². The predicted octanol–water partition coefficient (Wildman–Crippen LogP) is 2.57. The first kappa shape index (κ1) is 16.6. The second kappa shape index (κ2) is 6.67. The van der Waals surface area contributed by atoms with Crippen molar-refractivity contribution >= 4 is 22.7 Å². The lowest BCUT2D eigenvalue weighted by atomic mass is 10.1. The smallest absolute Gasteiger partial charge is 0.256 e. The molecule has 0 aliphatic carbocycles. The highest BCUT2D eigenvalue weighted by Crippen LogP contribution is 2.26. The molecule has 1 aromatic heterocycles. The molecule has 128 valence electrons. The zero-order valence-electron chi connectivity index (χ0n) is 14.7. The van der Waals surface area contributed by atoms with E-state index >= 15 is 0 Å². The zero-order valence-corrected chi connectivity index (χ0v) is 14.7. The van der Waals surface area contributed by atoms with Crippen LogP contribution >= 0.6 is 0 Å². The lowest BCUT2D eigenvalue weighted by Gasteiger charge is -2.35. The minimum absolute atomic E-state index is 0.0758. The van der Waals surface area contributed by atoms with Crippen molar-refractivity contribution < 1.29 is 9.59 Å². The third-order valence-electron chi connectivity index (χ3n) is 5.00. The lowest BCUT2D eigenvalue weighted by Crippen LogP contribution is -2.50. The molecule has 1 aromatic carbocycles. The Kier molecular flexibility index (Phi) is 4.60. The molecular formula is C19H25N3O2. The van der Waals surface area contributed by atoms with E-state index in [1.807, 2.05) is 55.0 Å². The summed E-state index contributed by atoms with van der Waals surface area (Å²) in [4.78, 5) is 28.8. The van der Waals surface area contributed by atoms with Gasteiger partial charge in [-0.3, -0.25) is 9.59 Å². The van der Waals surface area contributed by atoms with Crippen molar-refractivity contribution in [2.75, 3.05) is 26.2 Å². The van der Waals surface area contributed by atoms with Crippen LogP contribution in [0.25, 0.3) is 10.9 Å². The summed E-state index contributed by atoms with van der Waals surface area (Å²) in [5, 5.41) is 1.01. The van der Waals surface area contributed by atoms with Crippen LogP contribution in [-0.2, 0) is 11.8 Å². The van der Waals surface area contributed by atoms with E-state index in [2.05, 4.69) is 4.57 Å². The molecule has 2 heterocycles. The molecule has 3 rings (SSSR count). The Balaban J connectivity index is 1.79. The van der Waals surface area contributed by atoms with Crippen molar-refractivity contribution in [3.8, 4) is 0 Å². The van der Waals surface area contributed by atoms with Crippen LogP contribution < -0.4 is 0 Å². The standard InChI is InChI=1S/C19H25N3O2/c1-4-7-17(23)21-10-12-22(13-11-21)19(24)18-14(2)20(3)16-9-6-5-8-15(16)18/h5-6,8-9H,4,7,10-13H2,1-3H3. The largest absolute Gasteiger partial charge is 0.347 e. The van der Waals surface area contributed by atoms with Gasteiger partial charge in [-0.15, -0.1) is 0 Å². The second-order valence-corrected chi connectivity index (χ2v) is 6.46. The van der Waals surface area contributed by atoms with E-state index in [0.29, 0.717) is 32.6 Å². The van der Waals surface area contributed by atoms with E-state index in [1.165, 1.54) is 0 Å². The number of nitrogens with zero attached hydrogens (tertiary/aromatic N) is 3. The predicted molar refractivity (Wildman–Crippen MR) is 95.0 cm³/mol. The maximum Gasteiger partial charge on any atom is 0.256 e. The molecule has 1 saturated heterocycles. The summed E-state index contributed by atoms with van der Waals surface area (Å²) in [6.07, 6.45) is 1.46. The summed E-state index contributed by atoms with van der Waals surface area (Å²) < 4.78 is 2.07. The first-order valence-corrected chi connectivity index (χ1v) is 8.65. The van der Waals surface area contributed by atoms with Crippen LogP contribution in [0.4, 0.5) is 0 Å². The van der Waals surface area contributed by atoms with Gasteiger partial charge in [-0.05, 0) is 19.4 Å². The molecule has 24 heavy (non-hydrogen) atoms. The third kappa shape index (κ3) is 2.79. The fourth-order valence-electron chi connectivity index (χ4n) is 3.48. The molecule has 0 spiro atoms. The molecule has 5 nitrogen and oxygen atoms in total. The van der Waals surface area contributed by atoms with Gasteiger partial charge in [0.1, 0.15) is 0 Å². The van der Waals surface area contributed by atoms with E-state index in [9.17, 15) is 9.59 Å². The van der Waals surface area contributed by atoms with E-state index in [-0.39, 0.29) is 11.8 Å². The molecule has 0 N–H and O–H groups in total. The average molecular weight is 327 g/mol. The second-order valence-electron chi connectivity index (χ2n) is 6.46. The number of amides is 2. The van der Waals surface area contributed by atoms with Crippen LogP contribution in [0.15, 0.2) is 24.3 Å². The minimum atomic E-state index is 0.0758. The van der Waals surface area contributed by atoms with Crippen LogP contribution in [0.1, 0.15) is 35.8 Å². The summed E-state index contributed by atoms with van der Waals surface area (Å²) >= 11 is 0. The van der Waals surface area contributed by atoms with Gasteiger partial charge in [0, 0.05) is 56.2 Å². The number of benzene rings is 1. The normalized spacial score (nSPS) is 15.1. The number of carbonyl (C=O) groups excluding carboxylic acids is 2. The number of carbonyl (C=O) groups is 2. The zero-order chi connectivity index (χ0) is 17.3. The SMILES string of the molecule is CCCC(=O)N1CCN(C(=O)c2c(C)n(C)c3ccccc23)CC1. The van der Waals surface area contributed by atoms with Crippen LogP contribution in [0, 0.1) is 6.92 Å². The molecule has 2 amide bonds. The third-order valence-corrected chi connectivity index (χ3v) is 5.00. The van der Waals surface area contributed by atoms with E-state index in [1.54, 1.807) is 0 Å². The Bertz CT molecular complexity index is 770. The minimum Gasteiger partial charge on any atom is -0.347 e. The van der Waals surface area contributed by atoms with Crippen molar-refractivity contribution in [1.29, 1.82) is 0 Å². The average Bonchev–Trinajstić information content (AvgIpc) is 2.86. The number of hydrogen-bond acceptors (Lipinski definition) is 2. The molecule has 1 aliphatic rings. The van der Waals surface area contributed by atoms with Crippen molar-refractivity contribution in [3.63, 3.8) is 0 Å². The van der Waals surface area contributed by atoms with Gasteiger partial charge < -0.3 is 14.4 Å². The van der Waals surface area contributed by atoms with Crippen LogP contribution in [0.3, 0.4) is 0 Å². The summed E-state index contributed by atoms with van der Waals surface area (Å²) in [6.45, 7) is 6.49. The number of aromatic nitrogens is 1. The maximum atomic E-state index is 13.1. The summed E-state index contributed by atoms with van der Waals surface area (Å²) in [5.41, 5.74) is 2.86. The van der Waals surface area contributed by atoms with Gasteiger partial charge in [-0.25, -0.2) is 0 Å². The Morgan fingerprint density at radius 1 is 1.04 bits per heavy atom. The first-order valence-electron chi connectivity index (χ1n) is 8.65. The molecule has 2 aromatic rings. The van der Waals surface area contributed by atoms with Gasteiger partial charge in [0.15, 0.2) is 0 Å². The fraction of sp³-hybridized carbons (Fsp3) is 0.474.